The van der Waals surface area contributed by atoms with Crippen LogP contribution in [-0.4, -0.2) is 19.7 Å². The second kappa shape index (κ2) is 6.06. The molecule has 94 valence electrons. The van der Waals surface area contributed by atoms with Crippen molar-refractivity contribution in [1.29, 1.82) is 0 Å². The van der Waals surface area contributed by atoms with Crippen molar-refractivity contribution < 1.29 is 4.74 Å². The first-order valence-electron chi connectivity index (χ1n) is 6.74. The largest absolute Gasteiger partial charge is 0.494 e. The van der Waals surface area contributed by atoms with Crippen molar-refractivity contribution in [2.24, 2.45) is 5.92 Å². The summed E-state index contributed by atoms with van der Waals surface area (Å²) in [5.41, 5.74) is 1.44. The summed E-state index contributed by atoms with van der Waals surface area (Å²) < 4.78 is 5.48. The third kappa shape index (κ3) is 3.22. The second-order valence-corrected chi connectivity index (χ2v) is 4.88. The summed E-state index contributed by atoms with van der Waals surface area (Å²) in [5, 5.41) is 3.43. The van der Waals surface area contributed by atoms with Gasteiger partial charge in [-0.3, -0.25) is 0 Å². The molecule has 1 aromatic carbocycles. The normalized spacial score (nSPS) is 18.9. The Hall–Kier alpha value is -1.02. The molecule has 1 N–H and O–H groups in total. The van der Waals surface area contributed by atoms with Crippen molar-refractivity contribution in [3.8, 4) is 5.75 Å². The van der Waals surface area contributed by atoms with Crippen LogP contribution in [0.1, 0.15) is 38.2 Å². The Bertz CT molecular complexity index is 327. The van der Waals surface area contributed by atoms with E-state index < -0.39 is 0 Å². The molecule has 2 nitrogen and oxygen atoms in total. The zero-order valence-corrected chi connectivity index (χ0v) is 10.9. The predicted molar refractivity (Wildman–Crippen MR) is 71.6 cm³/mol. The molecule has 1 heterocycles. The number of rotatable bonds is 4. The molecule has 1 aliphatic rings. The Labute approximate surface area is 104 Å². The first-order valence-corrected chi connectivity index (χ1v) is 6.74. The number of ether oxygens (including phenoxy) is 1. The van der Waals surface area contributed by atoms with E-state index in [2.05, 4.69) is 36.5 Å². The molecule has 0 aromatic heterocycles. The van der Waals surface area contributed by atoms with Crippen LogP contribution in [0.25, 0.3) is 0 Å². The Morgan fingerprint density at radius 2 is 1.88 bits per heavy atom. The van der Waals surface area contributed by atoms with E-state index in [0.29, 0.717) is 5.92 Å². The van der Waals surface area contributed by atoms with Gasteiger partial charge < -0.3 is 10.1 Å². The first-order chi connectivity index (χ1) is 8.31. The van der Waals surface area contributed by atoms with Crippen molar-refractivity contribution in [2.45, 2.75) is 32.6 Å². The molecule has 17 heavy (non-hydrogen) atoms. The average molecular weight is 233 g/mol. The topological polar surface area (TPSA) is 21.3 Å². The van der Waals surface area contributed by atoms with Crippen molar-refractivity contribution in [3.05, 3.63) is 29.8 Å². The molecule has 0 aliphatic carbocycles. The Balaban J connectivity index is 2.00. The fourth-order valence-corrected chi connectivity index (χ4v) is 2.65. The van der Waals surface area contributed by atoms with E-state index in [4.69, 9.17) is 4.74 Å². The molecule has 0 radical (unpaired) electrons. The van der Waals surface area contributed by atoms with Crippen molar-refractivity contribution >= 4 is 0 Å². The van der Waals surface area contributed by atoms with Crippen LogP contribution >= 0.6 is 0 Å². The van der Waals surface area contributed by atoms with Gasteiger partial charge in [0.2, 0.25) is 0 Å². The van der Waals surface area contributed by atoms with Gasteiger partial charge in [-0.15, -0.1) is 0 Å². The van der Waals surface area contributed by atoms with Gasteiger partial charge in [-0.2, -0.15) is 0 Å². The van der Waals surface area contributed by atoms with Crippen LogP contribution in [0.15, 0.2) is 24.3 Å². The van der Waals surface area contributed by atoms with Gasteiger partial charge in [-0.05, 0) is 62.4 Å². The summed E-state index contributed by atoms with van der Waals surface area (Å²) >= 11 is 0. The zero-order chi connectivity index (χ0) is 12.1. The van der Waals surface area contributed by atoms with Gasteiger partial charge in [-0.1, -0.05) is 19.1 Å². The predicted octanol–water partition coefficient (Wildman–Crippen LogP) is 3.19. The lowest BCUT2D eigenvalue weighted by Crippen LogP contribution is -2.30. The molecule has 1 fully saturated rings. The summed E-state index contributed by atoms with van der Waals surface area (Å²) in [6, 6.07) is 8.63. The molecule has 1 saturated heterocycles. The molecule has 0 bridgehead atoms. The fraction of sp³-hybridized carbons (Fsp3) is 0.600. The SMILES string of the molecule is CCOc1ccc(C(C)C2CCNCC2)cc1. The lowest BCUT2D eigenvalue weighted by atomic mass is 9.82. The van der Waals surface area contributed by atoms with Crippen LogP contribution in [0.5, 0.6) is 5.75 Å². The highest BCUT2D eigenvalue weighted by atomic mass is 16.5. The quantitative estimate of drug-likeness (QED) is 0.862. The van der Waals surface area contributed by atoms with Gasteiger partial charge in [-0.25, -0.2) is 0 Å². The van der Waals surface area contributed by atoms with Gasteiger partial charge in [0.15, 0.2) is 0 Å². The first kappa shape index (κ1) is 12.4. The van der Waals surface area contributed by atoms with E-state index in [0.717, 1.165) is 18.3 Å². The molecule has 0 saturated carbocycles. The number of hydrogen-bond donors (Lipinski definition) is 1. The van der Waals surface area contributed by atoms with Gasteiger partial charge in [0.1, 0.15) is 5.75 Å². The standard InChI is InChI=1S/C15H23NO/c1-3-17-15-6-4-13(5-7-15)12(2)14-8-10-16-11-9-14/h4-7,12,14,16H,3,8-11H2,1-2H3. The van der Waals surface area contributed by atoms with Gasteiger partial charge in [0.05, 0.1) is 6.61 Å². The molecule has 1 aliphatic heterocycles. The highest BCUT2D eigenvalue weighted by Gasteiger charge is 2.20. The van der Waals surface area contributed by atoms with Gasteiger partial charge >= 0.3 is 0 Å². The fourth-order valence-electron chi connectivity index (χ4n) is 2.65. The summed E-state index contributed by atoms with van der Waals surface area (Å²) in [4.78, 5) is 0. The van der Waals surface area contributed by atoms with Gasteiger partial charge in [0.25, 0.3) is 0 Å². The number of hydrogen-bond acceptors (Lipinski definition) is 2. The van der Waals surface area contributed by atoms with Crippen molar-refractivity contribution in [3.63, 3.8) is 0 Å². The van der Waals surface area contributed by atoms with Crippen LogP contribution in [0.4, 0.5) is 0 Å². The Morgan fingerprint density at radius 1 is 1.24 bits per heavy atom. The van der Waals surface area contributed by atoms with Gasteiger partial charge in [0, 0.05) is 0 Å². The van der Waals surface area contributed by atoms with Crippen molar-refractivity contribution in [2.75, 3.05) is 19.7 Å². The van der Waals surface area contributed by atoms with E-state index in [1.54, 1.807) is 0 Å². The maximum absolute atomic E-state index is 5.48. The number of nitrogens with one attached hydrogen (secondary N) is 1. The summed E-state index contributed by atoms with van der Waals surface area (Å²) in [5.74, 6) is 2.47. The maximum atomic E-state index is 5.48. The molecule has 1 atom stereocenters. The highest BCUT2D eigenvalue weighted by molar-refractivity contribution is 5.29. The van der Waals surface area contributed by atoms with Crippen LogP contribution in [-0.2, 0) is 0 Å². The molecular weight excluding hydrogens is 210 g/mol. The van der Waals surface area contributed by atoms with Crippen molar-refractivity contribution in [1.82, 2.24) is 5.32 Å². The molecule has 2 heteroatoms. The van der Waals surface area contributed by atoms with Crippen LogP contribution < -0.4 is 10.1 Å². The minimum Gasteiger partial charge on any atom is -0.494 e. The lowest BCUT2D eigenvalue weighted by Gasteiger charge is -2.28. The third-order valence-corrected chi connectivity index (χ3v) is 3.81. The molecule has 0 amide bonds. The minimum atomic E-state index is 0.660. The van der Waals surface area contributed by atoms with Crippen LogP contribution in [0.3, 0.4) is 0 Å². The molecule has 2 rings (SSSR count). The number of piperidine rings is 1. The summed E-state index contributed by atoms with van der Waals surface area (Å²) in [6.45, 7) is 7.46. The van der Waals surface area contributed by atoms with E-state index >= 15 is 0 Å². The third-order valence-electron chi connectivity index (χ3n) is 3.81. The van der Waals surface area contributed by atoms with E-state index in [1.807, 2.05) is 6.92 Å². The van der Waals surface area contributed by atoms with E-state index in [1.165, 1.54) is 31.5 Å². The zero-order valence-electron chi connectivity index (χ0n) is 10.9. The molecular formula is C15H23NO. The number of benzene rings is 1. The van der Waals surface area contributed by atoms with E-state index in [9.17, 15) is 0 Å². The molecule has 1 aromatic rings. The average Bonchev–Trinajstić information content (AvgIpc) is 2.40. The smallest absolute Gasteiger partial charge is 0.119 e. The Kier molecular flexibility index (Phi) is 4.43. The summed E-state index contributed by atoms with van der Waals surface area (Å²) in [6.07, 6.45) is 2.60. The summed E-state index contributed by atoms with van der Waals surface area (Å²) in [7, 11) is 0. The maximum Gasteiger partial charge on any atom is 0.119 e. The van der Waals surface area contributed by atoms with Crippen LogP contribution in [0.2, 0.25) is 0 Å². The Morgan fingerprint density at radius 3 is 2.47 bits per heavy atom. The minimum absolute atomic E-state index is 0.660. The molecule has 0 spiro atoms. The van der Waals surface area contributed by atoms with E-state index in [-0.39, 0.29) is 0 Å². The molecule has 1 unspecified atom stereocenters. The second-order valence-electron chi connectivity index (χ2n) is 4.88. The highest BCUT2D eigenvalue weighted by Crippen LogP contribution is 2.31. The van der Waals surface area contributed by atoms with Crippen LogP contribution in [0, 0.1) is 5.92 Å². The lowest BCUT2D eigenvalue weighted by molar-refractivity contribution is 0.328. The monoisotopic (exact) mass is 233 g/mol.